The number of hydrogen-bond acceptors (Lipinski definition) is 3. The first-order valence-electron chi connectivity index (χ1n) is 6.65. The molecule has 2 fully saturated rings. The van der Waals surface area contributed by atoms with Gasteiger partial charge in [-0.3, -0.25) is 0 Å². The fourth-order valence-electron chi connectivity index (χ4n) is 2.88. The fourth-order valence-corrected chi connectivity index (χ4v) is 2.88. The van der Waals surface area contributed by atoms with E-state index in [4.69, 9.17) is 4.74 Å². The van der Waals surface area contributed by atoms with Crippen molar-refractivity contribution in [3.8, 4) is 0 Å². The van der Waals surface area contributed by atoms with Gasteiger partial charge in [-0.1, -0.05) is 0 Å². The summed E-state index contributed by atoms with van der Waals surface area (Å²) in [7, 11) is 0. The number of carbonyl (C=O) groups excluding carboxylic acids is 1. The molecule has 2 heterocycles. The molecular weight excluding hydrogens is 216 g/mol. The summed E-state index contributed by atoms with van der Waals surface area (Å²) in [4.78, 5) is 11.5. The predicted molar refractivity (Wildman–Crippen MR) is 66.9 cm³/mol. The smallest absolute Gasteiger partial charge is 0.407 e. The second-order valence-corrected chi connectivity index (χ2v) is 6.36. The molecule has 0 spiro atoms. The van der Waals surface area contributed by atoms with Crippen LogP contribution >= 0.6 is 0 Å². The standard InChI is InChI=1S/C13H24N2O2/c1-13(2,3)17-12(16)14-8-9-6-10-4-5-11(7-9)15-10/h9-11,15H,4-8H2,1-3H3,(H,14,16)/t9?,10-,11+. The number of fused-ring (bicyclic) bond motifs is 2. The Balaban J connectivity index is 1.70. The minimum atomic E-state index is -0.406. The molecule has 2 aliphatic heterocycles. The van der Waals surface area contributed by atoms with Crippen LogP contribution in [-0.4, -0.2) is 30.3 Å². The third-order valence-electron chi connectivity index (χ3n) is 3.50. The number of nitrogens with one attached hydrogen (secondary N) is 2. The Hall–Kier alpha value is -0.770. The lowest BCUT2D eigenvalue weighted by Gasteiger charge is -2.29. The van der Waals surface area contributed by atoms with Crippen molar-refractivity contribution in [2.24, 2.45) is 5.92 Å². The molecule has 0 saturated carbocycles. The van der Waals surface area contributed by atoms with Crippen molar-refractivity contribution in [2.45, 2.75) is 64.1 Å². The third-order valence-corrected chi connectivity index (χ3v) is 3.50. The highest BCUT2D eigenvalue weighted by atomic mass is 16.6. The molecule has 0 aromatic rings. The van der Waals surface area contributed by atoms with Gasteiger partial charge in [0.1, 0.15) is 5.60 Å². The molecule has 17 heavy (non-hydrogen) atoms. The van der Waals surface area contributed by atoms with Gasteiger partial charge in [0.15, 0.2) is 0 Å². The first-order valence-corrected chi connectivity index (χ1v) is 6.65. The van der Waals surface area contributed by atoms with E-state index in [1.165, 1.54) is 25.7 Å². The summed E-state index contributed by atoms with van der Waals surface area (Å²) >= 11 is 0. The highest BCUT2D eigenvalue weighted by Gasteiger charge is 2.33. The third kappa shape index (κ3) is 3.87. The van der Waals surface area contributed by atoms with E-state index in [-0.39, 0.29) is 6.09 Å². The molecule has 3 atom stereocenters. The maximum atomic E-state index is 11.5. The molecule has 2 aliphatic rings. The molecule has 98 valence electrons. The summed E-state index contributed by atoms with van der Waals surface area (Å²) in [6, 6.07) is 1.36. The van der Waals surface area contributed by atoms with E-state index in [2.05, 4.69) is 10.6 Å². The Morgan fingerprint density at radius 3 is 2.41 bits per heavy atom. The van der Waals surface area contributed by atoms with E-state index in [0.717, 1.165) is 6.54 Å². The van der Waals surface area contributed by atoms with Crippen molar-refractivity contribution < 1.29 is 9.53 Å². The predicted octanol–water partition coefficient (Wildman–Crippen LogP) is 2.04. The van der Waals surface area contributed by atoms with Gasteiger partial charge in [-0.05, 0) is 52.4 Å². The quantitative estimate of drug-likeness (QED) is 0.776. The van der Waals surface area contributed by atoms with E-state index >= 15 is 0 Å². The Labute approximate surface area is 103 Å². The molecule has 0 radical (unpaired) electrons. The van der Waals surface area contributed by atoms with Crippen LogP contribution < -0.4 is 10.6 Å². The van der Waals surface area contributed by atoms with Crippen molar-refractivity contribution in [1.29, 1.82) is 0 Å². The average Bonchev–Trinajstić information content (AvgIpc) is 2.53. The lowest BCUT2D eigenvalue weighted by Crippen LogP contribution is -2.43. The van der Waals surface area contributed by atoms with Crippen LogP contribution in [0.3, 0.4) is 0 Å². The molecule has 2 rings (SSSR count). The molecule has 2 saturated heterocycles. The Morgan fingerprint density at radius 1 is 1.29 bits per heavy atom. The van der Waals surface area contributed by atoms with Gasteiger partial charge >= 0.3 is 6.09 Å². The Morgan fingerprint density at radius 2 is 1.88 bits per heavy atom. The average molecular weight is 240 g/mol. The van der Waals surface area contributed by atoms with Crippen LogP contribution in [0.15, 0.2) is 0 Å². The van der Waals surface area contributed by atoms with Crippen molar-refractivity contribution >= 4 is 6.09 Å². The van der Waals surface area contributed by atoms with Crippen LogP contribution in [0.4, 0.5) is 4.79 Å². The minimum Gasteiger partial charge on any atom is -0.444 e. The maximum Gasteiger partial charge on any atom is 0.407 e. The van der Waals surface area contributed by atoms with E-state index in [9.17, 15) is 4.79 Å². The molecule has 4 heteroatoms. The van der Waals surface area contributed by atoms with Gasteiger partial charge in [0.25, 0.3) is 0 Å². The first-order chi connectivity index (χ1) is 7.92. The molecule has 0 aliphatic carbocycles. The molecule has 2 bridgehead atoms. The number of carbonyl (C=O) groups is 1. The topological polar surface area (TPSA) is 50.4 Å². The number of ether oxygens (including phenoxy) is 1. The highest BCUT2D eigenvalue weighted by Crippen LogP contribution is 2.30. The van der Waals surface area contributed by atoms with E-state index in [1.54, 1.807) is 0 Å². The van der Waals surface area contributed by atoms with Crippen LogP contribution in [0.2, 0.25) is 0 Å². The SMILES string of the molecule is CC(C)(C)OC(=O)NCC1C[C@H]2CC[C@@H](C1)N2. The molecule has 0 aromatic heterocycles. The van der Waals surface area contributed by atoms with Crippen molar-refractivity contribution in [3.63, 3.8) is 0 Å². The molecular formula is C13H24N2O2. The molecule has 1 amide bonds. The lowest BCUT2D eigenvalue weighted by atomic mass is 9.92. The van der Waals surface area contributed by atoms with Crippen LogP contribution in [0.25, 0.3) is 0 Å². The van der Waals surface area contributed by atoms with Gasteiger partial charge in [-0.25, -0.2) is 4.79 Å². The van der Waals surface area contributed by atoms with Crippen molar-refractivity contribution in [2.75, 3.05) is 6.54 Å². The van der Waals surface area contributed by atoms with Crippen molar-refractivity contribution in [3.05, 3.63) is 0 Å². The number of piperidine rings is 1. The van der Waals surface area contributed by atoms with Crippen LogP contribution in [0, 0.1) is 5.92 Å². The maximum absolute atomic E-state index is 11.5. The van der Waals surface area contributed by atoms with Gasteiger partial charge in [0.05, 0.1) is 0 Å². The zero-order valence-electron chi connectivity index (χ0n) is 11.1. The largest absolute Gasteiger partial charge is 0.444 e. The summed E-state index contributed by atoms with van der Waals surface area (Å²) < 4.78 is 5.23. The van der Waals surface area contributed by atoms with Gasteiger partial charge in [0.2, 0.25) is 0 Å². The summed E-state index contributed by atoms with van der Waals surface area (Å²) in [5.74, 6) is 0.612. The zero-order chi connectivity index (χ0) is 12.5. The summed E-state index contributed by atoms with van der Waals surface area (Å²) in [6.07, 6.45) is 4.68. The normalized spacial score (nSPS) is 32.3. The van der Waals surface area contributed by atoms with Crippen LogP contribution in [0.1, 0.15) is 46.5 Å². The van der Waals surface area contributed by atoms with Crippen molar-refractivity contribution in [1.82, 2.24) is 10.6 Å². The van der Waals surface area contributed by atoms with E-state index < -0.39 is 5.60 Å². The van der Waals surface area contributed by atoms with E-state index in [1.807, 2.05) is 20.8 Å². The minimum absolute atomic E-state index is 0.289. The second-order valence-electron chi connectivity index (χ2n) is 6.36. The first kappa shape index (κ1) is 12.7. The van der Waals surface area contributed by atoms with Gasteiger partial charge in [-0.2, -0.15) is 0 Å². The fraction of sp³-hybridized carbons (Fsp3) is 0.923. The number of hydrogen-bond donors (Lipinski definition) is 2. The Kier molecular flexibility index (Phi) is 3.61. The summed E-state index contributed by atoms with van der Waals surface area (Å²) in [6.45, 7) is 6.41. The highest BCUT2D eigenvalue weighted by molar-refractivity contribution is 5.67. The van der Waals surface area contributed by atoms with Gasteiger partial charge in [-0.15, -0.1) is 0 Å². The number of alkyl carbamates (subject to hydrolysis) is 1. The van der Waals surface area contributed by atoms with Gasteiger partial charge < -0.3 is 15.4 Å². The van der Waals surface area contributed by atoms with Gasteiger partial charge in [0, 0.05) is 18.6 Å². The molecule has 0 aromatic carbocycles. The number of amides is 1. The summed E-state index contributed by atoms with van der Waals surface area (Å²) in [5.41, 5.74) is -0.406. The van der Waals surface area contributed by atoms with Crippen LogP contribution in [0.5, 0.6) is 0 Å². The molecule has 1 unspecified atom stereocenters. The zero-order valence-corrected chi connectivity index (χ0v) is 11.1. The molecule has 2 N–H and O–H groups in total. The second kappa shape index (κ2) is 4.84. The van der Waals surface area contributed by atoms with Crippen LogP contribution in [-0.2, 0) is 4.74 Å². The van der Waals surface area contributed by atoms with E-state index in [0.29, 0.717) is 18.0 Å². The summed E-state index contributed by atoms with van der Waals surface area (Å²) in [5, 5.41) is 6.49. The Bertz CT molecular complexity index is 274. The molecule has 4 nitrogen and oxygen atoms in total. The lowest BCUT2D eigenvalue weighted by molar-refractivity contribution is 0.0513. The number of rotatable bonds is 2. The monoisotopic (exact) mass is 240 g/mol.